The summed E-state index contributed by atoms with van der Waals surface area (Å²) in [7, 11) is 0. The number of fused-ring (bicyclic) bond motifs is 6. The number of nitrogens with zero attached hydrogens (tertiary/aromatic N) is 1. The van der Waals surface area contributed by atoms with E-state index in [1.807, 2.05) is 0 Å². The van der Waals surface area contributed by atoms with Gasteiger partial charge in [-0.2, -0.15) is 0 Å². The van der Waals surface area contributed by atoms with Gasteiger partial charge in [0.05, 0.1) is 12.6 Å². The molecule has 0 aromatic heterocycles. The average Bonchev–Trinajstić information content (AvgIpc) is 3.28. The van der Waals surface area contributed by atoms with E-state index in [0.29, 0.717) is 17.3 Å². The van der Waals surface area contributed by atoms with Crippen LogP contribution in [0.25, 0.3) is 0 Å². The molecule has 0 aromatic rings. The molecule has 9 rings (SSSR count). The SMILES string of the molecule is C[C@]12CC[C@H](O)CC1=CC=C1[C@@H]2CC[C@@]2(C)[C@H]1CC[C@@]21CN(CC23CC4CC(CC(C4)C2)C3)C(=O)O1. The second kappa shape index (κ2) is 7.21. The molecule has 4 heteroatoms. The first-order valence-electron chi connectivity index (χ1n) is 15.3. The number of aliphatic hydroxyl groups is 1. The van der Waals surface area contributed by atoms with Crippen molar-refractivity contribution in [3.63, 3.8) is 0 Å². The van der Waals surface area contributed by atoms with Crippen LogP contribution in [0.4, 0.5) is 4.79 Å². The number of amides is 1. The number of aliphatic hydroxyl groups excluding tert-OH is 1. The van der Waals surface area contributed by atoms with E-state index in [2.05, 4.69) is 30.9 Å². The highest BCUT2D eigenvalue weighted by atomic mass is 16.6. The van der Waals surface area contributed by atoms with Gasteiger partial charge in [0.1, 0.15) is 5.60 Å². The number of allylic oxidation sites excluding steroid dienone is 3. The van der Waals surface area contributed by atoms with E-state index in [-0.39, 0.29) is 28.6 Å². The molecule has 8 fully saturated rings. The third kappa shape index (κ3) is 2.89. The van der Waals surface area contributed by atoms with Crippen molar-refractivity contribution in [1.29, 1.82) is 0 Å². The van der Waals surface area contributed by atoms with E-state index in [9.17, 15) is 9.90 Å². The Bertz CT molecular complexity index is 1020. The lowest BCUT2D eigenvalue weighted by molar-refractivity contribution is -0.0687. The van der Waals surface area contributed by atoms with Gasteiger partial charge >= 0.3 is 6.09 Å². The zero-order valence-corrected chi connectivity index (χ0v) is 22.4. The van der Waals surface area contributed by atoms with Crippen LogP contribution in [0.15, 0.2) is 23.3 Å². The third-order valence-electron chi connectivity index (χ3n) is 13.5. The molecule has 1 saturated heterocycles. The Labute approximate surface area is 216 Å². The van der Waals surface area contributed by atoms with E-state index in [4.69, 9.17) is 4.74 Å². The maximum absolute atomic E-state index is 13.5. The van der Waals surface area contributed by atoms with Crippen molar-refractivity contribution in [1.82, 2.24) is 4.90 Å². The van der Waals surface area contributed by atoms with Gasteiger partial charge in [-0.25, -0.2) is 4.79 Å². The Morgan fingerprint density at radius 2 is 1.64 bits per heavy atom. The maximum Gasteiger partial charge on any atom is 0.410 e. The first-order chi connectivity index (χ1) is 17.2. The van der Waals surface area contributed by atoms with Gasteiger partial charge in [0.25, 0.3) is 0 Å². The lowest BCUT2D eigenvalue weighted by Crippen LogP contribution is -2.54. The number of carbonyl (C=O) groups excluding carboxylic acids is 1. The molecule has 1 aliphatic heterocycles. The van der Waals surface area contributed by atoms with Crippen LogP contribution in [0.3, 0.4) is 0 Å². The molecule has 4 nitrogen and oxygen atoms in total. The Morgan fingerprint density at radius 1 is 0.944 bits per heavy atom. The Balaban J connectivity index is 1.06. The zero-order valence-electron chi connectivity index (χ0n) is 22.4. The average molecular weight is 492 g/mol. The van der Waals surface area contributed by atoms with Crippen LogP contribution in [0, 0.1) is 45.8 Å². The second-order valence-corrected chi connectivity index (χ2v) is 15.4. The normalized spacial score (nSPS) is 54.6. The molecule has 8 aliphatic carbocycles. The standard InChI is InChI=1S/C32H45NO3/c1-29-8-5-24(34)14-23(29)3-4-25-26(29)6-9-30(2)27(25)7-10-32(30)19-33(28(35)36-32)18-31-15-20-11-21(16-31)13-22(12-20)17-31/h3-4,20-22,24,26-27,34H,5-19H2,1-2H3/t20?,21?,22?,24-,26-,27-,29-,30-,31?,32+/m0/s1. The Kier molecular flexibility index (Phi) is 4.54. The van der Waals surface area contributed by atoms with E-state index >= 15 is 0 Å². The lowest BCUT2D eigenvalue weighted by Gasteiger charge is -2.57. The molecule has 36 heavy (non-hydrogen) atoms. The Morgan fingerprint density at radius 3 is 2.36 bits per heavy atom. The fourth-order valence-electron chi connectivity index (χ4n) is 12.2. The predicted octanol–water partition coefficient (Wildman–Crippen LogP) is 6.64. The summed E-state index contributed by atoms with van der Waals surface area (Å²) < 4.78 is 6.55. The summed E-state index contributed by atoms with van der Waals surface area (Å²) in [6.07, 6.45) is 20.5. The number of hydrogen-bond acceptors (Lipinski definition) is 3. The van der Waals surface area contributed by atoms with Crippen LogP contribution in [0.1, 0.15) is 97.3 Å². The van der Waals surface area contributed by atoms with Gasteiger partial charge in [0.2, 0.25) is 0 Å². The van der Waals surface area contributed by atoms with Gasteiger partial charge in [-0.1, -0.05) is 37.1 Å². The van der Waals surface area contributed by atoms with Gasteiger partial charge < -0.3 is 14.7 Å². The fourth-order valence-corrected chi connectivity index (χ4v) is 12.2. The molecule has 1 N–H and O–H groups in total. The predicted molar refractivity (Wildman–Crippen MR) is 139 cm³/mol. The van der Waals surface area contributed by atoms with Gasteiger partial charge in [-0.05, 0) is 124 Å². The molecule has 0 unspecified atom stereocenters. The van der Waals surface area contributed by atoms with Crippen LogP contribution in [0.5, 0.6) is 0 Å². The summed E-state index contributed by atoms with van der Waals surface area (Å²) in [5.74, 6) is 3.88. The molecule has 0 aromatic carbocycles. The third-order valence-corrected chi connectivity index (χ3v) is 13.5. The molecular formula is C32H45NO3. The number of hydrogen-bond donors (Lipinski definition) is 1. The van der Waals surface area contributed by atoms with Gasteiger partial charge in [0, 0.05) is 12.0 Å². The molecule has 4 bridgehead atoms. The second-order valence-electron chi connectivity index (χ2n) is 15.4. The highest BCUT2D eigenvalue weighted by molar-refractivity contribution is 5.71. The van der Waals surface area contributed by atoms with Crippen molar-refractivity contribution >= 4 is 6.09 Å². The molecule has 6 atom stereocenters. The first-order valence-corrected chi connectivity index (χ1v) is 15.3. The van der Waals surface area contributed by atoms with Gasteiger partial charge in [-0.15, -0.1) is 0 Å². The largest absolute Gasteiger partial charge is 0.440 e. The summed E-state index contributed by atoms with van der Waals surface area (Å²) in [6.45, 7) is 6.71. The molecule has 1 amide bonds. The summed E-state index contributed by atoms with van der Waals surface area (Å²) >= 11 is 0. The minimum absolute atomic E-state index is 0.0113. The topological polar surface area (TPSA) is 49.8 Å². The van der Waals surface area contributed by atoms with Crippen LogP contribution in [-0.2, 0) is 4.74 Å². The van der Waals surface area contributed by atoms with E-state index in [1.165, 1.54) is 50.5 Å². The number of carbonyl (C=O) groups is 1. The highest BCUT2D eigenvalue weighted by Crippen LogP contribution is 2.68. The van der Waals surface area contributed by atoms with Crippen molar-refractivity contribution in [3.05, 3.63) is 23.3 Å². The van der Waals surface area contributed by atoms with E-state index in [1.54, 1.807) is 5.57 Å². The van der Waals surface area contributed by atoms with Gasteiger partial charge in [0.15, 0.2) is 0 Å². The Hall–Kier alpha value is -1.29. The molecule has 196 valence electrons. The van der Waals surface area contributed by atoms with Crippen molar-refractivity contribution in [2.75, 3.05) is 13.1 Å². The fraction of sp³-hybridized carbons (Fsp3) is 0.844. The summed E-state index contributed by atoms with van der Waals surface area (Å²) in [6, 6.07) is 0. The lowest BCUT2D eigenvalue weighted by atomic mass is 9.49. The monoisotopic (exact) mass is 491 g/mol. The van der Waals surface area contributed by atoms with Crippen molar-refractivity contribution in [3.8, 4) is 0 Å². The smallest absolute Gasteiger partial charge is 0.410 e. The molecule has 7 saturated carbocycles. The number of rotatable bonds is 2. The van der Waals surface area contributed by atoms with Gasteiger partial charge in [-0.3, -0.25) is 0 Å². The molecule has 9 aliphatic rings. The summed E-state index contributed by atoms with van der Waals surface area (Å²) in [4.78, 5) is 15.7. The van der Waals surface area contributed by atoms with Crippen LogP contribution in [-0.4, -0.2) is 40.9 Å². The maximum atomic E-state index is 13.5. The molecule has 1 spiro atoms. The minimum Gasteiger partial charge on any atom is -0.440 e. The molecule has 1 heterocycles. The van der Waals surface area contributed by atoms with E-state index < -0.39 is 0 Å². The highest BCUT2D eigenvalue weighted by Gasteiger charge is 2.67. The summed E-state index contributed by atoms with van der Waals surface area (Å²) in [5, 5.41) is 10.3. The minimum atomic E-state index is -0.309. The van der Waals surface area contributed by atoms with Crippen LogP contribution in [0.2, 0.25) is 0 Å². The number of ether oxygens (including phenoxy) is 1. The van der Waals surface area contributed by atoms with E-state index in [0.717, 1.165) is 69.4 Å². The van der Waals surface area contributed by atoms with Crippen LogP contribution < -0.4 is 0 Å². The van der Waals surface area contributed by atoms with Crippen molar-refractivity contribution < 1.29 is 14.6 Å². The van der Waals surface area contributed by atoms with Crippen molar-refractivity contribution in [2.45, 2.75) is 109 Å². The van der Waals surface area contributed by atoms with Crippen LogP contribution >= 0.6 is 0 Å². The first kappa shape index (κ1) is 22.7. The van der Waals surface area contributed by atoms with Crippen molar-refractivity contribution in [2.24, 2.45) is 45.8 Å². The quantitative estimate of drug-likeness (QED) is 0.471. The zero-order chi connectivity index (χ0) is 24.5. The summed E-state index contributed by atoms with van der Waals surface area (Å²) in [5.41, 5.74) is 3.42. The molecule has 0 radical (unpaired) electrons. The molecular weight excluding hydrogens is 446 g/mol.